The van der Waals surface area contributed by atoms with Crippen LogP contribution in [0.5, 0.6) is 0 Å². The van der Waals surface area contributed by atoms with E-state index in [0.717, 1.165) is 62.2 Å². The Kier molecular flexibility index (Phi) is 26.9. The van der Waals surface area contributed by atoms with Crippen molar-refractivity contribution in [1.82, 2.24) is 0 Å². The van der Waals surface area contributed by atoms with Crippen LogP contribution in [0, 0.1) is 56.7 Å². The second-order valence-electron chi connectivity index (χ2n) is 26.2. The number of rotatable bonds is 29. The van der Waals surface area contributed by atoms with Gasteiger partial charge in [-0.1, -0.05) is 169 Å². The summed E-state index contributed by atoms with van der Waals surface area (Å²) in [7, 11) is 0. The van der Waals surface area contributed by atoms with E-state index in [2.05, 4.69) is 54.5 Å². The van der Waals surface area contributed by atoms with E-state index in [1.165, 1.54) is 134 Å². The number of fused-ring (bicyclic) bond motifs is 5. The highest BCUT2D eigenvalue weighted by molar-refractivity contribution is 5.78. The number of unbranched alkanes of at least 4 members (excludes halogenated alkanes) is 14. The van der Waals surface area contributed by atoms with Crippen molar-refractivity contribution in [2.45, 2.75) is 282 Å². The number of ether oxygens (including phenoxy) is 5. The van der Waals surface area contributed by atoms with Crippen molar-refractivity contribution in [1.29, 1.82) is 0 Å². The summed E-state index contributed by atoms with van der Waals surface area (Å²) in [5.41, 5.74) is 1.22. The van der Waals surface area contributed by atoms with Gasteiger partial charge in [-0.15, -0.1) is 0 Å². The van der Waals surface area contributed by atoms with Gasteiger partial charge in [0.25, 0.3) is 0 Å². The van der Waals surface area contributed by atoms with E-state index in [9.17, 15) is 24.0 Å². The number of carbonyl (C=O) groups excluding carboxylic acids is 5. The second kappa shape index (κ2) is 30.6. The van der Waals surface area contributed by atoms with Gasteiger partial charge in [0.2, 0.25) is 13.6 Å². The molecule has 4 rings (SSSR count). The van der Waals surface area contributed by atoms with Crippen molar-refractivity contribution in [3.8, 4) is 0 Å². The molecule has 4 aliphatic rings. The lowest BCUT2D eigenvalue weighted by atomic mass is 9.41. The normalized spacial score (nSPS) is 26.2. The van der Waals surface area contributed by atoms with Crippen molar-refractivity contribution in [3.05, 3.63) is 11.6 Å². The fourth-order valence-electron chi connectivity index (χ4n) is 13.4. The van der Waals surface area contributed by atoms with Crippen LogP contribution in [0.3, 0.4) is 0 Å². The van der Waals surface area contributed by atoms with Crippen LogP contribution in [0.4, 0.5) is 0 Å². The van der Waals surface area contributed by atoms with Gasteiger partial charge in [-0.25, -0.2) is 0 Å². The van der Waals surface area contributed by atoms with Crippen LogP contribution in [0.25, 0.3) is 0 Å². The zero-order chi connectivity index (χ0) is 53.6. The largest absolute Gasteiger partial charge is 0.462 e. The molecule has 72 heavy (non-hydrogen) atoms. The number of allylic oxidation sites excluding steroid dienone is 1. The summed E-state index contributed by atoms with van der Waals surface area (Å²) in [6.45, 7) is 27.1. The van der Waals surface area contributed by atoms with E-state index < -0.39 is 29.6 Å². The summed E-state index contributed by atoms with van der Waals surface area (Å²) >= 11 is 0. The first-order chi connectivity index (χ1) is 33.9. The van der Waals surface area contributed by atoms with Crippen LogP contribution in [-0.2, 0) is 47.7 Å². The molecular weight excluding hydrogens is 905 g/mol. The van der Waals surface area contributed by atoms with Crippen LogP contribution in [0.15, 0.2) is 11.6 Å². The Morgan fingerprint density at radius 2 is 1.06 bits per heavy atom. The number of hydrogen-bond donors (Lipinski definition) is 0. The van der Waals surface area contributed by atoms with Gasteiger partial charge in [-0.05, 0) is 139 Å². The van der Waals surface area contributed by atoms with Gasteiger partial charge in [-0.3, -0.25) is 24.0 Å². The number of hydrogen-bond acceptors (Lipinski definition) is 10. The van der Waals surface area contributed by atoms with E-state index >= 15 is 0 Å². The molecule has 0 unspecified atom stereocenters. The van der Waals surface area contributed by atoms with Gasteiger partial charge in [0.05, 0.1) is 23.7 Å². The minimum Gasteiger partial charge on any atom is -0.462 e. The van der Waals surface area contributed by atoms with E-state index in [-0.39, 0.29) is 49.1 Å². The molecule has 0 aromatic rings. The van der Waals surface area contributed by atoms with Crippen molar-refractivity contribution in [2.75, 3.05) is 13.6 Å². The van der Waals surface area contributed by atoms with Gasteiger partial charge >= 0.3 is 29.8 Å². The van der Waals surface area contributed by atoms with Crippen LogP contribution in [-0.4, -0.2) is 49.5 Å². The molecule has 10 heteroatoms. The smallest absolute Gasteiger partial charge is 0.314 e. The first-order valence-corrected chi connectivity index (χ1v) is 29.4. The molecule has 416 valence electrons. The van der Waals surface area contributed by atoms with Crippen LogP contribution in [0.2, 0.25) is 0 Å². The predicted octanol–water partition coefficient (Wildman–Crippen LogP) is 16.5. The Hall–Kier alpha value is -2.91. The quantitative estimate of drug-likeness (QED) is 0.0235. The molecule has 0 N–H and O–H groups in total. The van der Waals surface area contributed by atoms with Gasteiger partial charge in [0, 0.05) is 12.8 Å². The van der Waals surface area contributed by atoms with Crippen LogP contribution < -0.4 is 0 Å². The van der Waals surface area contributed by atoms with Crippen molar-refractivity contribution in [2.24, 2.45) is 56.7 Å². The Labute approximate surface area is 440 Å². The van der Waals surface area contributed by atoms with E-state index in [0.29, 0.717) is 23.2 Å². The lowest BCUT2D eigenvalue weighted by Crippen LogP contribution is -2.56. The zero-order valence-electron chi connectivity index (χ0n) is 48.5. The van der Waals surface area contributed by atoms with Crippen molar-refractivity contribution < 1.29 is 47.7 Å². The van der Waals surface area contributed by atoms with Crippen LogP contribution >= 0.6 is 0 Å². The van der Waals surface area contributed by atoms with E-state index in [1.54, 1.807) is 41.5 Å². The maximum atomic E-state index is 12.7. The third kappa shape index (κ3) is 20.3. The highest BCUT2D eigenvalue weighted by atomic mass is 16.7. The van der Waals surface area contributed by atoms with Crippen molar-refractivity contribution in [3.63, 3.8) is 0 Å². The summed E-state index contributed by atoms with van der Waals surface area (Å²) < 4.78 is 25.7. The van der Waals surface area contributed by atoms with E-state index in [1.807, 2.05) is 0 Å². The molecule has 3 saturated carbocycles. The SMILES string of the molecule is CC(C)CCC[C@@H](C)[C@H]1CC[C@@H]2[C@]1(C)CC[C@H]1[C@@]2(C)CC=C2C[C@@H](OC(=O)CCC(=O)OCOC(=O)C(C)(C)C)CC[C@@]21C.CCCCCCCCCCCCCCCCCC(=O)OCOC(=O)C(C)(C)C. The van der Waals surface area contributed by atoms with Gasteiger partial charge in [0.15, 0.2) is 0 Å². The summed E-state index contributed by atoms with van der Waals surface area (Å²) in [6.07, 6.45) is 35.7. The molecule has 0 saturated heterocycles. The highest BCUT2D eigenvalue weighted by Crippen LogP contribution is 2.72. The summed E-state index contributed by atoms with van der Waals surface area (Å²) in [5, 5.41) is 0. The molecule has 10 nitrogen and oxygen atoms in total. The Balaban J connectivity index is 0.000000424. The minimum absolute atomic E-state index is 0.0309. The fraction of sp³-hybridized carbons (Fsp3) is 0.887. The molecule has 0 heterocycles. The first kappa shape index (κ1) is 63.4. The molecule has 0 aromatic carbocycles. The molecule has 0 amide bonds. The molecule has 0 spiro atoms. The average molecular weight is 1010 g/mol. The number of esters is 5. The molecule has 4 aliphatic carbocycles. The van der Waals surface area contributed by atoms with E-state index in [4.69, 9.17) is 23.7 Å². The van der Waals surface area contributed by atoms with Crippen LogP contribution in [0.1, 0.15) is 276 Å². The Morgan fingerprint density at radius 1 is 0.556 bits per heavy atom. The second-order valence-corrected chi connectivity index (χ2v) is 26.2. The van der Waals surface area contributed by atoms with Crippen molar-refractivity contribution >= 4 is 29.8 Å². The van der Waals surface area contributed by atoms with Gasteiger partial charge < -0.3 is 23.7 Å². The maximum absolute atomic E-state index is 12.7. The number of carbonyl (C=O) groups is 5. The first-order valence-electron chi connectivity index (χ1n) is 29.4. The third-order valence-corrected chi connectivity index (χ3v) is 17.7. The molecule has 0 bridgehead atoms. The third-order valence-electron chi connectivity index (χ3n) is 17.7. The summed E-state index contributed by atoms with van der Waals surface area (Å²) in [5.74, 6) is 1.91. The predicted molar refractivity (Wildman–Crippen MR) is 289 cm³/mol. The fourth-order valence-corrected chi connectivity index (χ4v) is 13.4. The summed E-state index contributed by atoms with van der Waals surface area (Å²) in [6, 6.07) is 0. The monoisotopic (exact) mass is 1010 g/mol. The van der Waals surface area contributed by atoms with Gasteiger partial charge in [0.1, 0.15) is 6.10 Å². The lowest BCUT2D eigenvalue weighted by Gasteiger charge is -2.63. The van der Waals surface area contributed by atoms with Gasteiger partial charge in [-0.2, -0.15) is 0 Å². The topological polar surface area (TPSA) is 132 Å². The molecular formula is C62H108O10. The Morgan fingerprint density at radius 3 is 1.57 bits per heavy atom. The maximum Gasteiger partial charge on any atom is 0.314 e. The lowest BCUT2D eigenvalue weighted by molar-refractivity contribution is -0.175. The highest BCUT2D eigenvalue weighted by Gasteiger charge is 2.64. The molecule has 8 atom stereocenters. The Bertz CT molecular complexity index is 1690. The summed E-state index contributed by atoms with van der Waals surface area (Å²) in [4.78, 5) is 59.7. The minimum atomic E-state index is -0.666. The molecule has 0 aliphatic heterocycles. The zero-order valence-corrected chi connectivity index (χ0v) is 48.5. The molecule has 0 radical (unpaired) electrons. The molecule has 3 fully saturated rings. The molecule has 0 aromatic heterocycles. The average Bonchev–Trinajstić information content (AvgIpc) is 3.67. The standard InChI is InChI=1S/C38H62O6.C24H46O4/c1-25(2)11-10-12-26(3)29-13-14-30-37(29,8)22-19-31-36(7)21-18-28(23-27(36)17-20-38(30,31)9)44-33(40)16-15-32(39)42-24-43-34(41)35(4,5)6;1-5-6-7-8-9-10-11-12-13-14-15-16-17-18-19-20-22(25)27-21-28-23(26)24(2,3)4/h17,25-26,28-31H,10-16,18-24H2,1-9H3;5-21H2,1-4H3/t26-,28+,29-,30-,31-,36+,37-,38+;/m1./s1.